The fourth-order valence-corrected chi connectivity index (χ4v) is 2.23. The molecule has 0 aromatic carbocycles. The molecule has 0 radical (unpaired) electrons. The van der Waals surface area contributed by atoms with E-state index < -0.39 is 0 Å². The number of rotatable bonds is 4. The highest BCUT2D eigenvalue weighted by Gasteiger charge is 2.08. The molecule has 0 bridgehead atoms. The second kappa shape index (κ2) is 4.45. The zero-order valence-electron chi connectivity index (χ0n) is 8.53. The van der Waals surface area contributed by atoms with Gasteiger partial charge in [-0.1, -0.05) is 0 Å². The van der Waals surface area contributed by atoms with Crippen LogP contribution in [0.2, 0.25) is 0 Å². The van der Waals surface area contributed by atoms with Gasteiger partial charge in [-0.25, -0.2) is 0 Å². The molecule has 15 heavy (non-hydrogen) atoms. The Kier molecular flexibility index (Phi) is 3.02. The minimum atomic E-state index is 0.199. The smallest absolute Gasteiger partial charge is 0.173 e. The SMILES string of the molecule is Cc1ccc(C(=O)CCc2ccco2)s1. The van der Waals surface area contributed by atoms with E-state index in [2.05, 4.69) is 0 Å². The van der Waals surface area contributed by atoms with Crippen LogP contribution >= 0.6 is 11.3 Å². The van der Waals surface area contributed by atoms with Crippen LogP contribution in [0.15, 0.2) is 34.9 Å². The van der Waals surface area contributed by atoms with Crippen LogP contribution < -0.4 is 0 Å². The maximum absolute atomic E-state index is 11.7. The first kappa shape index (κ1) is 10.2. The van der Waals surface area contributed by atoms with Crippen molar-refractivity contribution in [2.75, 3.05) is 0 Å². The number of hydrogen-bond acceptors (Lipinski definition) is 3. The number of furan rings is 1. The van der Waals surface area contributed by atoms with E-state index in [1.807, 2.05) is 31.2 Å². The first-order valence-corrected chi connectivity index (χ1v) is 5.69. The Morgan fingerprint density at radius 3 is 2.87 bits per heavy atom. The molecule has 0 aliphatic rings. The predicted molar refractivity (Wildman–Crippen MR) is 60.4 cm³/mol. The van der Waals surface area contributed by atoms with Crippen molar-refractivity contribution in [1.82, 2.24) is 0 Å². The van der Waals surface area contributed by atoms with Gasteiger partial charge in [0.2, 0.25) is 0 Å². The third-order valence-corrected chi connectivity index (χ3v) is 3.24. The van der Waals surface area contributed by atoms with Crippen LogP contribution in [-0.4, -0.2) is 5.78 Å². The van der Waals surface area contributed by atoms with Crippen molar-refractivity contribution in [2.45, 2.75) is 19.8 Å². The number of carbonyl (C=O) groups excluding carboxylic acids is 1. The van der Waals surface area contributed by atoms with Crippen molar-refractivity contribution >= 4 is 17.1 Å². The summed E-state index contributed by atoms with van der Waals surface area (Å²) in [6.07, 6.45) is 2.84. The second-order valence-corrected chi connectivity index (χ2v) is 4.70. The van der Waals surface area contributed by atoms with Crippen molar-refractivity contribution < 1.29 is 9.21 Å². The minimum Gasteiger partial charge on any atom is -0.469 e. The van der Waals surface area contributed by atoms with Gasteiger partial charge >= 0.3 is 0 Å². The maximum Gasteiger partial charge on any atom is 0.173 e. The molecule has 0 atom stereocenters. The molecule has 2 rings (SSSR count). The van der Waals surface area contributed by atoms with Gasteiger partial charge in [-0.3, -0.25) is 4.79 Å². The highest BCUT2D eigenvalue weighted by atomic mass is 32.1. The normalized spacial score (nSPS) is 10.5. The lowest BCUT2D eigenvalue weighted by Gasteiger charge is -1.95. The molecule has 0 N–H and O–H groups in total. The number of thiophene rings is 1. The third kappa shape index (κ3) is 2.57. The van der Waals surface area contributed by atoms with E-state index in [1.165, 1.54) is 4.88 Å². The molecule has 0 unspecified atom stereocenters. The molecule has 2 aromatic heterocycles. The van der Waals surface area contributed by atoms with E-state index in [4.69, 9.17) is 4.42 Å². The second-order valence-electron chi connectivity index (χ2n) is 3.41. The molecule has 2 aromatic rings. The number of Topliss-reactive ketones (excluding diaryl/α,β-unsaturated/α-hetero) is 1. The van der Waals surface area contributed by atoms with Gasteiger partial charge in [-0.15, -0.1) is 11.3 Å². The van der Waals surface area contributed by atoms with Gasteiger partial charge in [-0.2, -0.15) is 0 Å². The van der Waals surface area contributed by atoms with Crippen molar-refractivity contribution in [1.29, 1.82) is 0 Å². The van der Waals surface area contributed by atoms with Crippen LogP contribution in [-0.2, 0) is 6.42 Å². The summed E-state index contributed by atoms with van der Waals surface area (Å²) in [6.45, 7) is 2.01. The average Bonchev–Trinajstić information content (AvgIpc) is 2.84. The summed E-state index contributed by atoms with van der Waals surface area (Å²) in [6, 6.07) is 7.61. The Morgan fingerprint density at radius 1 is 1.40 bits per heavy atom. The lowest BCUT2D eigenvalue weighted by molar-refractivity contribution is 0.0985. The summed E-state index contributed by atoms with van der Waals surface area (Å²) in [7, 11) is 0. The molecule has 78 valence electrons. The zero-order valence-corrected chi connectivity index (χ0v) is 9.34. The summed E-state index contributed by atoms with van der Waals surface area (Å²) in [5, 5.41) is 0. The Bertz CT molecular complexity index is 440. The molecule has 2 heterocycles. The first-order valence-electron chi connectivity index (χ1n) is 4.88. The highest BCUT2D eigenvalue weighted by molar-refractivity contribution is 7.14. The van der Waals surface area contributed by atoms with Gasteiger partial charge in [0.25, 0.3) is 0 Å². The van der Waals surface area contributed by atoms with E-state index in [1.54, 1.807) is 17.6 Å². The van der Waals surface area contributed by atoms with Crippen LogP contribution in [0.4, 0.5) is 0 Å². The van der Waals surface area contributed by atoms with Crippen LogP contribution in [0.3, 0.4) is 0 Å². The topological polar surface area (TPSA) is 30.2 Å². The van der Waals surface area contributed by atoms with Crippen molar-refractivity contribution in [3.8, 4) is 0 Å². The Morgan fingerprint density at radius 2 is 2.27 bits per heavy atom. The van der Waals surface area contributed by atoms with E-state index in [0.717, 1.165) is 10.6 Å². The lowest BCUT2D eigenvalue weighted by atomic mass is 10.1. The van der Waals surface area contributed by atoms with Crippen LogP contribution in [0.5, 0.6) is 0 Å². The van der Waals surface area contributed by atoms with E-state index in [-0.39, 0.29) is 5.78 Å². The molecule has 0 amide bonds. The fourth-order valence-electron chi connectivity index (χ4n) is 1.40. The van der Waals surface area contributed by atoms with Crippen molar-refractivity contribution in [3.63, 3.8) is 0 Å². The summed E-state index contributed by atoms with van der Waals surface area (Å²) >= 11 is 1.55. The Balaban J connectivity index is 1.93. The van der Waals surface area contributed by atoms with E-state index >= 15 is 0 Å². The van der Waals surface area contributed by atoms with Gasteiger partial charge in [0.05, 0.1) is 11.1 Å². The van der Waals surface area contributed by atoms with Gasteiger partial charge < -0.3 is 4.42 Å². The van der Waals surface area contributed by atoms with Gasteiger partial charge in [0.15, 0.2) is 5.78 Å². The Hall–Kier alpha value is -1.35. The monoisotopic (exact) mass is 220 g/mol. The molecule has 3 heteroatoms. The molecular formula is C12H12O2S. The molecule has 0 saturated carbocycles. The number of ketones is 1. The third-order valence-electron chi connectivity index (χ3n) is 2.19. The molecule has 0 saturated heterocycles. The molecule has 0 aliphatic carbocycles. The number of carbonyl (C=O) groups is 1. The van der Waals surface area contributed by atoms with Crippen molar-refractivity contribution in [3.05, 3.63) is 46.0 Å². The molecular weight excluding hydrogens is 208 g/mol. The minimum absolute atomic E-state index is 0.199. The largest absolute Gasteiger partial charge is 0.469 e. The van der Waals surface area contributed by atoms with Gasteiger partial charge in [0.1, 0.15) is 5.76 Å². The zero-order chi connectivity index (χ0) is 10.7. The average molecular weight is 220 g/mol. The summed E-state index contributed by atoms with van der Waals surface area (Å²) in [5.74, 6) is 1.07. The molecule has 0 fully saturated rings. The maximum atomic E-state index is 11.7. The number of aryl methyl sites for hydroxylation is 2. The molecule has 2 nitrogen and oxygen atoms in total. The van der Waals surface area contributed by atoms with Gasteiger partial charge in [-0.05, 0) is 31.2 Å². The Labute approximate surface area is 92.5 Å². The molecule has 0 spiro atoms. The lowest BCUT2D eigenvalue weighted by Crippen LogP contribution is -1.97. The van der Waals surface area contributed by atoms with E-state index in [9.17, 15) is 4.79 Å². The van der Waals surface area contributed by atoms with Crippen LogP contribution in [0, 0.1) is 6.92 Å². The molecule has 0 aliphatic heterocycles. The standard InChI is InChI=1S/C12H12O2S/c1-9-4-7-12(15-9)11(13)6-5-10-3-2-8-14-10/h2-4,7-8H,5-6H2,1H3. The van der Waals surface area contributed by atoms with E-state index in [0.29, 0.717) is 12.8 Å². The quantitative estimate of drug-likeness (QED) is 0.738. The predicted octanol–water partition coefficient (Wildman–Crippen LogP) is 3.47. The highest BCUT2D eigenvalue weighted by Crippen LogP contribution is 2.17. The van der Waals surface area contributed by atoms with Crippen LogP contribution in [0.1, 0.15) is 26.7 Å². The van der Waals surface area contributed by atoms with Crippen molar-refractivity contribution in [2.24, 2.45) is 0 Å². The number of hydrogen-bond donors (Lipinski definition) is 0. The summed E-state index contributed by atoms with van der Waals surface area (Å²) < 4.78 is 5.18. The van der Waals surface area contributed by atoms with Gasteiger partial charge in [0, 0.05) is 17.7 Å². The van der Waals surface area contributed by atoms with Crippen LogP contribution in [0.25, 0.3) is 0 Å². The summed E-state index contributed by atoms with van der Waals surface area (Å²) in [5.41, 5.74) is 0. The first-order chi connectivity index (χ1) is 7.25. The summed E-state index contributed by atoms with van der Waals surface area (Å²) in [4.78, 5) is 13.7. The fraction of sp³-hybridized carbons (Fsp3) is 0.250.